The van der Waals surface area contributed by atoms with Crippen LogP contribution >= 0.6 is 0 Å². The fourth-order valence-corrected chi connectivity index (χ4v) is 1.11. The van der Waals surface area contributed by atoms with Crippen LogP contribution in [0.15, 0.2) is 51.2 Å². The zero-order valence-electron chi connectivity index (χ0n) is 20.9. The molecule has 1 fully saturated rings. The molecule has 4 N–H and O–H groups in total. The first-order valence-corrected chi connectivity index (χ1v) is 8.33. The summed E-state index contributed by atoms with van der Waals surface area (Å²) in [5, 5.41) is 43.3. The Balaban J connectivity index is -0.000000365. The average Bonchev–Trinajstić information content (AvgIpc) is 2.77. The topological polar surface area (TPSA) is 143 Å². The molecule has 0 atom stereocenters. The Kier molecular flexibility index (Phi) is 18.6. The van der Waals surface area contributed by atoms with Crippen molar-refractivity contribution in [2.45, 2.75) is 59.7 Å². The van der Waals surface area contributed by atoms with Crippen molar-refractivity contribution in [2.75, 3.05) is 0 Å². The third kappa shape index (κ3) is 21.7. The van der Waals surface area contributed by atoms with E-state index in [4.69, 9.17) is 26.3 Å². The van der Waals surface area contributed by atoms with E-state index in [0.717, 1.165) is 0 Å². The average molecular weight is 457 g/mol. The van der Waals surface area contributed by atoms with Crippen LogP contribution in [0.4, 0.5) is 0 Å². The zero-order valence-corrected chi connectivity index (χ0v) is 18.0. The SMILES string of the molecule is CC(=N/O)/C(C)=N/O.CC(=N\O)/C(C)=N/O.[2H]C1([2H])[CH-]C([2H])([2H])CCC1.[Co].c1ccncc1. The molecular formula is C19H32CoN5O4-. The third-order valence-corrected chi connectivity index (χ3v) is 3.06. The minimum absolute atomic E-state index is 0. The van der Waals surface area contributed by atoms with Gasteiger partial charge >= 0.3 is 0 Å². The van der Waals surface area contributed by atoms with Gasteiger partial charge in [-0.05, 0) is 45.3 Å². The molecule has 9 nitrogen and oxygen atoms in total. The number of aromatic nitrogens is 1. The largest absolute Gasteiger partial charge is 0.411 e. The summed E-state index contributed by atoms with van der Waals surface area (Å²) < 4.78 is 29.0. The number of pyridine rings is 1. The van der Waals surface area contributed by atoms with Crippen molar-refractivity contribution in [1.29, 1.82) is 0 Å². The van der Waals surface area contributed by atoms with Gasteiger partial charge in [0, 0.05) is 29.2 Å². The van der Waals surface area contributed by atoms with Crippen LogP contribution in [0.5, 0.6) is 0 Å². The van der Waals surface area contributed by atoms with Gasteiger partial charge in [-0.2, -0.15) is 12.7 Å². The second kappa shape index (κ2) is 23.6. The van der Waals surface area contributed by atoms with Gasteiger partial charge in [-0.15, -0.1) is 0 Å². The zero-order chi connectivity index (χ0) is 25.2. The molecule has 0 aromatic carbocycles. The Labute approximate surface area is 188 Å². The normalized spacial score (nSPS) is 20.0. The van der Waals surface area contributed by atoms with Crippen molar-refractivity contribution in [3.63, 3.8) is 0 Å². The summed E-state index contributed by atoms with van der Waals surface area (Å²) in [5.74, 6) is 0. The summed E-state index contributed by atoms with van der Waals surface area (Å²) in [6.07, 6.45) is 3.49. The van der Waals surface area contributed by atoms with E-state index in [1.54, 1.807) is 12.4 Å². The maximum Gasteiger partial charge on any atom is 0.101 e. The van der Waals surface area contributed by atoms with Crippen LogP contribution in [0.2, 0.25) is 0 Å². The van der Waals surface area contributed by atoms with Gasteiger partial charge < -0.3 is 27.2 Å². The minimum Gasteiger partial charge on any atom is -0.411 e. The van der Waals surface area contributed by atoms with Crippen LogP contribution in [0, 0.1) is 6.42 Å². The van der Waals surface area contributed by atoms with E-state index in [9.17, 15) is 0 Å². The van der Waals surface area contributed by atoms with E-state index in [1.807, 2.05) is 18.2 Å². The molecule has 0 spiro atoms. The monoisotopic (exact) mass is 457 g/mol. The number of oxime groups is 4. The first-order chi connectivity index (χ1) is 14.9. The van der Waals surface area contributed by atoms with E-state index in [1.165, 1.54) is 34.1 Å². The first kappa shape index (κ1) is 22.8. The van der Waals surface area contributed by atoms with Gasteiger partial charge in [-0.1, -0.05) is 46.0 Å². The molecule has 0 aliphatic heterocycles. The van der Waals surface area contributed by atoms with Crippen molar-refractivity contribution < 1.29 is 43.1 Å². The maximum atomic E-state index is 8.03. The van der Waals surface area contributed by atoms with Gasteiger partial charge in [0.25, 0.3) is 0 Å². The molecule has 29 heavy (non-hydrogen) atoms. The Morgan fingerprint density at radius 3 is 1.21 bits per heavy atom. The Bertz CT molecular complexity index is 659. The van der Waals surface area contributed by atoms with E-state index in [0.29, 0.717) is 42.1 Å². The Morgan fingerprint density at radius 2 is 1.07 bits per heavy atom. The van der Waals surface area contributed by atoms with Gasteiger partial charge in [0.1, 0.15) is 22.8 Å². The fourth-order valence-electron chi connectivity index (χ4n) is 1.11. The van der Waals surface area contributed by atoms with Crippen LogP contribution in [0.25, 0.3) is 0 Å². The molecule has 0 amide bonds. The second-order valence-electron chi connectivity index (χ2n) is 5.17. The molecule has 10 heteroatoms. The predicted octanol–water partition coefficient (Wildman–Crippen LogP) is 4.61. The summed E-state index contributed by atoms with van der Waals surface area (Å²) in [7, 11) is 0. The number of hydrogen-bond donors (Lipinski definition) is 4. The smallest absolute Gasteiger partial charge is 0.101 e. The first-order valence-electron chi connectivity index (χ1n) is 10.3. The number of hydrogen-bond acceptors (Lipinski definition) is 9. The molecule has 1 radical (unpaired) electrons. The molecule has 2 rings (SSSR count). The van der Waals surface area contributed by atoms with E-state index >= 15 is 0 Å². The summed E-state index contributed by atoms with van der Waals surface area (Å²) in [5.41, 5.74) is 1.25. The molecular weight excluding hydrogens is 421 g/mol. The van der Waals surface area contributed by atoms with Crippen LogP contribution in [-0.2, 0) is 16.8 Å². The van der Waals surface area contributed by atoms with Gasteiger partial charge in [0.15, 0.2) is 0 Å². The van der Waals surface area contributed by atoms with Crippen molar-refractivity contribution in [3.8, 4) is 0 Å². The van der Waals surface area contributed by atoms with Crippen LogP contribution in [-0.4, -0.2) is 48.7 Å². The quantitative estimate of drug-likeness (QED) is 0.222. The van der Waals surface area contributed by atoms with Gasteiger partial charge in [0.05, 0.1) is 0 Å². The molecule has 0 bridgehead atoms. The summed E-state index contributed by atoms with van der Waals surface area (Å²) >= 11 is 0. The maximum absolute atomic E-state index is 8.03. The second-order valence-corrected chi connectivity index (χ2v) is 5.17. The molecule has 1 aromatic heterocycles. The molecule has 1 saturated carbocycles. The van der Waals surface area contributed by atoms with Crippen molar-refractivity contribution in [1.82, 2.24) is 4.98 Å². The van der Waals surface area contributed by atoms with E-state index in [2.05, 4.69) is 25.6 Å². The van der Waals surface area contributed by atoms with Crippen LogP contribution in [0.1, 0.15) is 65.2 Å². The minimum atomic E-state index is -1.39. The summed E-state index contributed by atoms with van der Waals surface area (Å²) in [6.45, 7) is 6.15. The van der Waals surface area contributed by atoms with Crippen molar-refractivity contribution in [2.24, 2.45) is 20.6 Å². The Morgan fingerprint density at radius 1 is 0.724 bits per heavy atom. The molecule has 1 heterocycles. The molecule has 0 saturated heterocycles. The number of nitrogens with zero attached hydrogens (tertiary/aromatic N) is 5. The molecule has 1 aliphatic carbocycles. The van der Waals surface area contributed by atoms with Crippen molar-refractivity contribution in [3.05, 3.63) is 37.0 Å². The summed E-state index contributed by atoms with van der Waals surface area (Å²) in [6, 6.07) is 5.72. The van der Waals surface area contributed by atoms with Gasteiger partial charge in [-0.3, -0.25) is 4.98 Å². The third-order valence-electron chi connectivity index (χ3n) is 3.06. The fraction of sp³-hybridized carbons (Fsp3) is 0.474. The molecule has 1 aliphatic rings. The van der Waals surface area contributed by atoms with Crippen LogP contribution < -0.4 is 0 Å². The molecule has 1 aromatic rings. The molecule has 167 valence electrons. The van der Waals surface area contributed by atoms with E-state index < -0.39 is 12.7 Å². The van der Waals surface area contributed by atoms with Gasteiger partial charge in [0.2, 0.25) is 0 Å². The number of rotatable bonds is 2. The van der Waals surface area contributed by atoms with Crippen LogP contribution in [0.3, 0.4) is 0 Å². The van der Waals surface area contributed by atoms with E-state index in [-0.39, 0.29) is 16.8 Å². The standard InChI is InChI=1S/C6H11.C5H5N.2C4H8N2O2.Co/c2*1-2-4-6-5-3-1;2*1-3(5-7)4(2)6-8;/h1H,2-6H2;1-5H;2*7-8H,1-2H3;/q-1;;;;/b;;5-3+,6-4+;5-3-,6-4+;/i2D2,3D2;;;;. The summed E-state index contributed by atoms with van der Waals surface area (Å²) in [4.78, 5) is 3.78. The Hall–Kier alpha value is -2.46. The van der Waals surface area contributed by atoms with Gasteiger partial charge in [-0.25, -0.2) is 0 Å². The molecule has 0 unspecified atom stereocenters. The predicted molar refractivity (Wildman–Crippen MR) is 111 cm³/mol. The van der Waals surface area contributed by atoms with Crippen molar-refractivity contribution >= 4 is 22.8 Å².